The van der Waals surface area contributed by atoms with Gasteiger partial charge in [-0.1, -0.05) is 11.3 Å². The topological polar surface area (TPSA) is 14.1 Å². The summed E-state index contributed by atoms with van der Waals surface area (Å²) in [6, 6.07) is 0. The molecule has 0 bridgehead atoms. The van der Waals surface area contributed by atoms with E-state index in [9.17, 15) is 0 Å². The number of hydrogen-bond acceptors (Lipinski definition) is 1. The lowest BCUT2D eigenvalue weighted by atomic mass is 11.0. The van der Waals surface area contributed by atoms with Gasteiger partial charge in [-0.05, 0) is 0 Å². The smallest absolute Gasteiger partial charge is 0.196 e. The zero-order valence-electron chi connectivity index (χ0n) is 2.94. The minimum absolute atomic E-state index is 1.07. The van der Waals surface area contributed by atoms with Gasteiger partial charge in [-0.3, -0.25) is 0 Å². The molecule has 0 atom stereocenters. The summed E-state index contributed by atoms with van der Waals surface area (Å²) < 4.78 is 1.07. The van der Waals surface area contributed by atoms with Gasteiger partial charge in [0.15, 0.2) is 6.20 Å². The van der Waals surface area contributed by atoms with Crippen LogP contribution in [0.15, 0.2) is 15.5 Å². The van der Waals surface area contributed by atoms with Crippen molar-refractivity contribution in [2.24, 2.45) is 0 Å². The van der Waals surface area contributed by atoms with E-state index in [0.717, 1.165) is 3.92 Å². The van der Waals surface area contributed by atoms with E-state index in [4.69, 9.17) is 0 Å². The van der Waals surface area contributed by atoms with Crippen LogP contribution in [0, 0.1) is 0 Å². The second-order valence-electron chi connectivity index (χ2n) is 0.839. The first kappa shape index (κ1) is 4.27. The van der Waals surface area contributed by atoms with E-state index in [-0.39, 0.29) is 0 Å². The molecule has 0 aliphatic heterocycles. The molecular formula is C3H3BrNS+. The van der Waals surface area contributed by atoms with Gasteiger partial charge in [-0.15, -0.1) is 0 Å². The predicted molar refractivity (Wildman–Crippen MR) is 28.6 cm³/mol. The van der Waals surface area contributed by atoms with Crippen molar-refractivity contribution in [3.63, 3.8) is 0 Å². The first-order chi connectivity index (χ1) is 2.89. The van der Waals surface area contributed by atoms with Crippen LogP contribution < -0.4 is 4.98 Å². The standard InChI is InChI=1S/C3H2BrNS/c4-3-5-1-2-6-3/h1-2H/p+1. The number of aromatic amines is 1. The van der Waals surface area contributed by atoms with Crippen LogP contribution in [-0.4, -0.2) is 0 Å². The molecule has 6 heavy (non-hydrogen) atoms. The van der Waals surface area contributed by atoms with E-state index < -0.39 is 0 Å². The molecule has 0 amide bonds. The van der Waals surface area contributed by atoms with Crippen molar-refractivity contribution in [2.75, 3.05) is 0 Å². The number of aromatic nitrogens is 1. The van der Waals surface area contributed by atoms with Crippen LogP contribution in [-0.2, 0) is 0 Å². The third kappa shape index (κ3) is 0.786. The maximum absolute atomic E-state index is 3.24. The normalized spacial score (nSPS) is 8.83. The minimum Gasteiger partial charge on any atom is -0.196 e. The highest BCUT2D eigenvalue weighted by atomic mass is 79.9. The van der Waals surface area contributed by atoms with Crippen LogP contribution in [0.2, 0.25) is 0 Å². The first-order valence-electron chi connectivity index (χ1n) is 1.50. The van der Waals surface area contributed by atoms with Gasteiger partial charge in [0, 0.05) is 15.9 Å². The third-order valence-corrected chi connectivity index (χ3v) is 1.82. The van der Waals surface area contributed by atoms with Crippen molar-refractivity contribution < 1.29 is 4.98 Å². The van der Waals surface area contributed by atoms with Crippen molar-refractivity contribution in [1.29, 1.82) is 0 Å². The minimum atomic E-state index is 1.07. The van der Waals surface area contributed by atoms with Crippen molar-refractivity contribution in [3.8, 4) is 0 Å². The van der Waals surface area contributed by atoms with Crippen LogP contribution in [0.1, 0.15) is 0 Å². The highest BCUT2D eigenvalue weighted by Gasteiger charge is 1.88. The van der Waals surface area contributed by atoms with E-state index in [1.54, 1.807) is 11.3 Å². The molecule has 0 aromatic carbocycles. The fraction of sp³-hybridized carbons (Fsp3) is 0. The van der Waals surface area contributed by atoms with Gasteiger partial charge in [-0.25, -0.2) is 0 Å². The quantitative estimate of drug-likeness (QED) is 0.550. The summed E-state index contributed by atoms with van der Waals surface area (Å²) in [6.07, 6.45) is 1.88. The molecule has 1 rings (SSSR count). The molecule has 0 aliphatic carbocycles. The van der Waals surface area contributed by atoms with E-state index in [1.807, 2.05) is 11.6 Å². The Hall–Kier alpha value is 0.110. The summed E-state index contributed by atoms with van der Waals surface area (Å²) in [6.45, 7) is 0. The molecule has 0 aliphatic rings. The molecule has 1 heterocycles. The lowest BCUT2D eigenvalue weighted by Gasteiger charge is -1.52. The molecule has 0 unspecified atom stereocenters. The Balaban J connectivity index is 3.05. The third-order valence-electron chi connectivity index (χ3n) is 0.436. The molecule has 0 saturated heterocycles. The maximum Gasteiger partial charge on any atom is 0.303 e. The van der Waals surface area contributed by atoms with Crippen LogP contribution >= 0.6 is 27.3 Å². The number of rotatable bonds is 0. The molecule has 1 N–H and O–H groups in total. The van der Waals surface area contributed by atoms with Gasteiger partial charge >= 0.3 is 3.92 Å². The van der Waals surface area contributed by atoms with Crippen LogP contribution in [0.5, 0.6) is 0 Å². The first-order valence-corrected chi connectivity index (χ1v) is 3.17. The Bertz CT molecular complexity index is 114. The molecule has 0 spiro atoms. The molecular weight excluding hydrogens is 162 g/mol. The highest BCUT2D eigenvalue weighted by Crippen LogP contribution is 2.05. The Kier molecular flexibility index (Phi) is 1.22. The van der Waals surface area contributed by atoms with E-state index >= 15 is 0 Å². The van der Waals surface area contributed by atoms with Crippen molar-refractivity contribution in [3.05, 3.63) is 15.5 Å². The average Bonchev–Trinajstić information content (AvgIpc) is 1.86. The van der Waals surface area contributed by atoms with Gasteiger partial charge in [0.05, 0.1) is 5.38 Å². The van der Waals surface area contributed by atoms with E-state index in [0.29, 0.717) is 0 Å². The lowest BCUT2D eigenvalue weighted by molar-refractivity contribution is -0.384. The lowest BCUT2D eigenvalue weighted by Crippen LogP contribution is -1.91. The van der Waals surface area contributed by atoms with Gasteiger partial charge in [0.25, 0.3) is 0 Å². The van der Waals surface area contributed by atoms with E-state index in [1.165, 1.54) is 0 Å². The SMILES string of the molecule is Brc1[nH+]ccs1. The van der Waals surface area contributed by atoms with Gasteiger partial charge < -0.3 is 0 Å². The number of halogens is 1. The number of hydrogen-bond donors (Lipinski definition) is 0. The van der Waals surface area contributed by atoms with Gasteiger partial charge in [-0.2, -0.15) is 4.98 Å². The molecule has 1 aromatic heterocycles. The average molecular weight is 165 g/mol. The summed E-state index contributed by atoms with van der Waals surface area (Å²) in [5.74, 6) is 0. The zero-order valence-corrected chi connectivity index (χ0v) is 5.34. The molecule has 0 saturated carbocycles. The van der Waals surface area contributed by atoms with Crippen LogP contribution in [0.4, 0.5) is 0 Å². The Morgan fingerprint density at radius 2 is 2.67 bits per heavy atom. The molecule has 3 heteroatoms. The Labute approximate surface area is 48.2 Å². The zero-order chi connectivity index (χ0) is 4.41. The number of nitrogens with one attached hydrogen (secondary N) is 1. The fourth-order valence-corrected chi connectivity index (χ4v) is 1.07. The molecule has 0 fully saturated rings. The molecule has 1 aromatic rings. The number of thiazole rings is 1. The van der Waals surface area contributed by atoms with Crippen molar-refractivity contribution >= 4 is 27.3 Å². The van der Waals surface area contributed by atoms with Gasteiger partial charge in [0.1, 0.15) is 0 Å². The summed E-state index contributed by atoms with van der Waals surface area (Å²) in [5, 5.41) is 1.98. The van der Waals surface area contributed by atoms with Crippen molar-refractivity contribution in [1.82, 2.24) is 0 Å². The summed E-state index contributed by atoms with van der Waals surface area (Å²) in [5.41, 5.74) is 0. The molecule has 32 valence electrons. The Morgan fingerprint density at radius 1 is 1.83 bits per heavy atom. The summed E-state index contributed by atoms with van der Waals surface area (Å²) >= 11 is 4.88. The second-order valence-corrected chi connectivity index (χ2v) is 3.07. The summed E-state index contributed by atoms with van der Waals surface area (Å²) in [4.78, 5) is 2.94. The molecule has 1 nitrogen and oxygen atoms in total. The van der Waals surface area contributed by atoms with Crippen LogP contribution in [0.3, 0.4) is 0 Å². The summed E-state index contributed by atoms with van der Waals surface area (Å²) in [7, 11) is 0. The number of H-pyrrole nitrogens is 1. The van der Waals surface area contributed by atoms with Crippen LogP contribution in [0.25, 0.3) is 0 Å². The van der Waals surface area contributed by atoms with Crippen molar-refractivity contribution in [2.45, 2.75) is 0 Å². The predicted octanol–water partition coefficient (Wildman–Crippen LogP) is 1.32. The Morgan fingerprint density at radius 3 is 2.83 bits per heavy atom. The second kappa shape index (κ2) is 1.71. The van der Waals surface area contributed by atoms with Gasteiger partial charge in [0.2, 0.25) is 0 Å². The fourth-order valence-electron chi connectivity index (χ4n) is 0.227. The molecule has 0 radical (unpaired) electrons. The largest absolute Gasteiger partial charge is 0.303 e. The highest BCUT2D eigenvalue weighted by molar-refractivity contribution is 9.11. The van der Waals surface area contributed by atoms with E-state index in [2.05, 4.69) is 20.9 Å². The monoisotopic (exact) mass is 164 g/mol. The maximum atomic E-state index is 3.24.